The number of nitrogens with zero attached hydrogens (tertiary/aromatic N) is 5. The molecule has 0 radical (unpaired) electrons. The summed E-state index contributed by atoms with van der Waals surface area (Å²) in [6, 6.07) is 7.32. The zero-order valence-electron chi connectivity index (χ0n) is 17.5. The highest BCUT2D eigenvalue weighted by molar-refractivity contribution is 5.83. The number of hydrogen-bond acceptors (Lipinski definition) is 8. The Labute approximate surface area is 178 Å². The summed E-state index contributed by atoms with van der Waals surface area (Å²) in [4.78, 5) is 38.3. The van der Waals surface area contributed by atoms with Gasteiger partial charge in [0, 0.05) is 18.8 Å². The SMILES string of the molecule is CCC(=O)CNc1nc2ccc(-c3c(C)noc3C)nc2n(Cc2cccnc2)c1=O. The van der Waals surface area contributed by atoms with Crippen molar-refractivity contribution in [3.63, 3.8) is 0 Å². The highest BCUT2D eigenvalue weighted by atomic mass is 16.5. The van der Waals surface area contributed by atoms with E-state index >= 15 is 0 Å². The van der Waals surface area contributed by atoms with Crippen LogP contribution in [-0.2, 0) is 11.3 Å². The topological polar surface area (TPSA) is 116 Å². The monoisotopic (exact) mass is 418 g/mol. The summed E-state index contributed by atoms with van der Waals surface area (Å²) in [5, 5.41) is 6.87. The molecule has 0 fully saturated rings. The first kappa shape index (κ1) is 20.4. The Morgan fingerprint density at radius 2 is 2.03 bits per heavy atom. The fourth-order valence-electron chi connectivity index (χ4n) is 3.35. The van der Waals surface area contributed by atoms with E-state index in [2.05, 4.69) is 20.4 Å². The number of nitrogens with one attached hydrogen (secondary N) is 1. The van der Waals surface area contributed by atoms with Crippen LogP contribution in [0, 0.1) is 13.8 Å². The van der Waals surface area contributed by atoms with Crippen LogP contribution in [0.1, 0.15) is 30.4 Å². The summed E-state index contributed by atoms with van der Waals surface area (Å²) in [6.07, 6.45) is 3.76. The molecule has 0 bridgehead atoms. The van der Waals surface area contributed by atoms with Crippen molar-refractivity contribution in [1.82, 2.24) is 24.7 Å². The van der Waals surface area contributed by atoms with Gasteiger partial charge in [-0.2, -0.15) is 0 Å². The van der Waals surface area contributed by atoms with E-state index in [4.69, 9.17) is 9.51 Å². The van der Waals surface area contributed by atoms with E-state index in [1.807, 2.05) is 32.0 Å². The van der Waals surface area contributed by atoms with Crippen molar-refractivity contribution in [2.24, 2.45) is 0 Å². The lowest BCUT2D eigenvalue weighted by Gasteiger charge is -2.13. The minimum atomic E-state index is -0.358. The van der Waals surface area contributed by atoms with E-state index in [0.29, 0.717) is 29.0 Å². The zero-order chi connectivity index (χ0) is 22.0. The Hall–Kier alpha value is -3.88. The number of carbonyl (C=O) groups excluding carboxylic acids is 1. The second-order valence-corrected chi connectivity index (χ2v) is 7.20. The molecule has 0 atom stereocenters. The Balaban J connectivity index is 1.88. The maximum atomic E-state index is 13.3. The Kier molecular flexibility index (Phi) is 5.57. The molecule has 4 heterocycles. The summed E-state index contributed by atoms with van der Waals surface area (Å²) < 4.78 is 6.81. The molecule has 1 N–H and O–H groups in total. The molecular weight excluding hydrogens is 396 g/mol. The number of rotatable bonds is 7. The summed E-state index contributed by atoms with van der Waals surface area (Å²) in [5.74, 6) is 0.756. The van der Waals surface area contributed by atoms with Crippen LogP contribution >= 0.6 is 0 Å². The van der Waals surface area contributed by atoms with Gasteiger partial charge in [0.2, 0.25) is 0 Å². The second kappa shape index (κ2) is 8.47. The molecule has 0 aromatic carbocycles. The van der Waals surface area contributed by atoms with Gasteiger partial charge in [-0.05, 0) is 37.6 Å². The Morgan fingerprint density at radius 3 is 2.71 bits per heavy atom. The van der Waals surface area contributed by atoms with Crippen LogP contribution < -0.4 is 10.9 Å². The number of Topliss-reactive ketones (excluding diaryl/α,β-unsaturated/α-hetero) is 1. The van der Waals surface area contributed by atoms with Crippen LogP contribution in [0.3, 0.4) is 0 Å². The number of anilines is 1. The predicted molar refractivity (Wildman–Crippen MR) is 116 cm³/mol. The van der Waals surface area contributed by atoms with Crippen LogP contribution in [-0.4, -0.2) is 37.0 Å². The van der Waals surface area contributed by atoms with E-state index in [-0.39, 0.29) is 30.2 Å². The summed E-state index contributed by atoms with van der Waals surface area (Å²) in [6.45, 7) is 5.75. The highest BCUT2D eigenvalue weighted by Crippen LogP contribution is 2.26. The van der Waals surface area contributed by atoms with Gasteiger partial charge in [0.25, 0.3) is 5.56 Å². The smallest absolute Gasteiger partial charge is 0.295 e. The van der Waals surface area contributed by atoms with Crippen molar-refractivity contribution in [3.05, 3.63) is 64.0 Å². The molecule has 0 amide bonds. The number of aromatic nitrogens is 5. The van der Waals surface area contributed by atoms with Gasteiger partial charge >= 0.3 is 0 Å². The van der Waals surface area contributed by atoms with Crippen LogP contribution in [0.25, 0.3) is 22.4 Å². The van der Waals surface area contributed by atoms with Crippen LogP contribution in [0.2, 0.25) is 0 Å². The summed E-state index contributed by atoms with van der Waals surface area (Å²) >= 11 is 0. The molecule has 0 aliphatic rings. The molecule has 0 saturated carbocycles. The number of hydrogen-bond donors (Lipinski definition) is 1. The average Bonchev–Trinajstić information content (AvgIpc) is 3.12. The molecule has 0 unspecified atom stereocenters. The number of pyridine rings is 2. The van der Waals surface area contributed by atoms with Gasteiger partial charge in [-0.1, -0.05) is 18.1 Å². The predicted octanol–water partition coefficient (Wildman–Crippen LogP) is 2.90. The normalized spacial score (nSPS) is 11.1. The molecule has 0 aliphatic heterocycles. The minimum absolute atomic E-state index is 0.00742. The molecule has 4 rings (SSSR count). The van der Waals surface area contributed by atoms with Gasteiger partial charge in [0.15, 0.2) is 17.2 Å². The van der Waals surface area contributed by atoms with Crippen molar-refractivity contribution in [1.29, 1.82) is 0 Å². The molecular formula is C22H22N6O3. The molecule has 0 saturated heterocycles. The van der Waals surface area contributed by atoms with Crippen LogP contribution in [0.15, 0.2) is 46.0 Å². The molecule has 0 spiro atoms. The molecule has 158 valence electrons. The summed E-state index contributed by atoms with van der Waals surface area (Å²) in [5.41, 5.74) is 3.60. The quantitative estimate of drug-likeness (QED) is 0.487. The molecule has 31 heavy (non-hydrogen) atoms. The van der Waals surface area contributed by atoms with Crippen molar-refractivity contribution < 1.29 is 9.32 Å². The Morgan fingerprint density at radius 1 is 1.19 bits per heavy atom. The fraction of sp³-hybridized carbons (Fsp3) is 0.273. The van der Waals surface area contributed by atoms with Crippen molar-refractivity contribution in [2.75, 3.05) is 11.9 Å². The van der Waals surface area contributed by atoms with Gasteiger partial charge < -0.3 is 9.84 Å². The van der Waals surface area contributed by atoms with E-state index in [9.17, 15) is 9.59 Å². The second-order valence-electron chi connectivity index (χ2n) is 7.20. The average molecular weight is 418 g/mol. The third-order valence-electron chi connectivity index (χ3n) is 4.99. The van der Waals surface area contributed by atoms with Crippen LogP contribution in [0.5, 0.6) is 0 Å². The number of ketones is 1. The molecule has 4 aromatic rings. The minimum Gasteiger partial charge on any atom is -0.361 e. The van der Waals surface area contributed by atoms with E-state index < -0.39 is 0 Å². The first-order valence-electron chi connectivity index (χ1n) is 9.97. The van der Waals surface area contributed by atoms with Crippen molar-refractivity contribution in [3.8, 4) is 11.3 Å². The number of carbonyl (C=O) groups is 1. The zero-order valence-corrected chi connectivity index (χ0v) is 17.5. The third-order valence-corrected chi connectivity index (χ3v) is 4.99. The van der Waals surface area contributed by atoms with Crippen molar-refractivity contribution >= 4 is 22.8 Å². The first-order valence-corrected chi connectivity index (χ1v) is 9.97. The lowest BCUT2D eigenvalue weighted by Crippen LogP contribution is -2.28. The molecule has 9 heteroatoms. The molecule has 0 aliphatic carbocycles. The largest absolute Gasteiger partial charge is 0.361 e. The lowest BCUT2D eigenvalue weighted by atomic mass is 10.1. The third kappa shape index (κ3) is 4.07. The maximum absolute atomic E-state index is 13.3. The van der Waals surface area contributed by atoms with Gasteiger partial charge in [-0.3, -0.25) is 19.1 Å². The molecule has 4 aromatic heterocycles. The first-order chi connectivity index (χ1) is 15.0. The maximum Gasteiger partial charge on any atom is 0.295 e. The fourth-order valence-corrected chi connectivity index (χ4v) is 3.35. The highest BCUT2D eigenvalue weighted by Gasteiger charge is 2.17. The standard InChI is InChI=1S/C22H22N6O3/c1-4-16(29)11-24-20-22(30)28(12-15-6-5-9-23-10-15)21-18(25-20)8-7-17(26-21)19-13(2)27-31-14(19)3/h5-10H,4,11-12H2,1-3H3,(H,24,25). The van der Waals surface area contributed by atoms with Crippen molar-refractivity contribution in [2.45, 2.75) is 33.7 Å². The molecule has 9 nitrogen and oxygen atoms in total. The summed E-state index contributed by atoms with van der Waals surface area (Å²) in [7, 11) is 0. The van der Waals surface area contributed by atoms with Crippen LogP contribution in [0.4, 0.5) is 5.82 Å². The van der Waals surface area contributed by atoms with Gasteiger partial charge in [0.05, 0.1) is 30.0 Å². The van der Waals surface area contributed by atoms with Gasteiger partial charge in [-0.25, -0.2) is 9.97 Å². The number of fused-ring (bicyclic) bond motifs is 1. The van der Waals surface area contributed by atoms with Gasteiger partial charge in [0.1, 0.15) is 11.3 Å². The number of aryl methyl sites for hydroxylation is 2. The lowest BCUT2D eigenvalue weighted by molar-refractivity contribution is -0.117. The van der Waals surface area contributed by atoms with Gasteiger partial charge in [-0.15, -0.1) is 0 Å². The van der Waals surface area contributed by atoms with E-state index in [0.717, 1.165) is 16.8 Å². The Bertz CT molecular complexity index is 1290. The van der Waals surface area contributed by atoms with E-state index in [1.165, 1.54) is 0 Å². The van der Waals surface area contributed by atoms with E-state index in [1.54, 1.807) is 30.0 Å².